The van der Waals surface area contributed by atoms with Crippen LogP contribution >= 0.6 is 11.3 Å². The lowest BCUT2D eigenvalue weighted by Crippen LogP contribution is -2.06. The van der Waals surface area contributed by atoms with Gasteiger partial charge in [-0.15, -0.1) is 11.3 Å². The summed E-state index contributed by atoms with van der Waals surface area (Å²) in [4.78, 5) is 16.1. The van der Waals surface area contributed by atoms with E-state index in [1.165, 1.54) is 11.3 Å². The molecule has 0 spiro atoms. The Morgan fingerprint density at radius 3 is 2.57 bits per heavy atom. The third kappa shape index (κ3) is 3.05. The van der Waals surface area contributed by atoms with E-state index in [1.807, 2.05) is 24.3 Å². The van der Waals surface area contributed by atoms with E-state index in [0.29, 0.717) is 11.1 Å². The smallest absolute Gasteiger partial charge is 0.338 e. The quantitative estimate of drug-likeness (QED) is 0.688. The average molecular weight is 305 g/mol. The van der Waals surface area contributed by atoms with Gasteiger partial charge in [0.05, 0.1) is 15.8 Å². The van der Waals surface area contributed by atoms with Crippen molar-refractivity contribution in [2.45, 2.75) is 6.61 Å². The molecule has 1 aromatic heterocycles. The Bertz CT molecular complexity index is 763. The fourth-order valence-electron chi connectivity index (χ4n) is 1.86. The summed E-state index contributed by atoms with van der Waals surface area (Å²) in [5, 5.41) is 0.626. The van der Waals surface area contributed by atoms with Crippen LogP contribution in [0.1, 0.15) is 15.4 Å². The van der Waals surface area contributed by atoms with Crippen LogP contribution in [-0.2, 0) is 11.3 Å². The SMILES string of the molecule is O=C(OCc1nc2ccccc2s1)c1cc(F)cc(F)c1. The number of halogens is 2. The summed E-state index contributed by atoms with van der Waals surface area (Å²) in [7, 11) is 0. The van der Waals surface area contributed by atoms with E-state index < -0.39 is 17.6 Å². The third-order valence-corrected chi connectivity index (χ3v) is 3.77. The number of carbonyl (C=O) groups is 1. The maximum absolute atomic E-state index is 13.0. The van der Waals surface area contributed by atoms with E-state index in [1.54, 1.807) is 0 Å². The maximum Gasteiger partial charge on any atom is 0.338 e. The second kappa shape index (κ2) is 5.57. The van der Waals surface area contributed by atoms with E-state index in [-0.39, 0.29) is 12.2 Å². The number of hydrogen-bond donors (Lipinski definition) is 0. The van der Waals surface area contributed by atoms with Crippen LogP contribution in [0.25, 0.3) is 10.2 Å². The maximum atomic E-state index is 13.0. The highest BCUT2D eigenvalue weighted by Gasteiger charge is 2.12. The Labute approximate surface area is 122 Å². The molecule has 3 nitrogen and oxygen atoms in total. The van der Waals surface area contributed by atoms with Crippen LogP contribution in [-0.4, -0.2) is 11.0 Å². The summed E-state index contributed by atoms with van der Waals surface area (Å²) < 4.78 is 32.1. The molecule has 0 bridgehead atoms. The first-order valence-electron chi connectivity index (χ1n) is 6.09. The third-order valence-electron chi connectivity index (χ3n) is 2.76. The molecule has 0 fully saturated rings. The predicted molar refractivity (Wildman–Crippen MR) is 75.1 cm³/mol. The number of nitrogens with zero attached hydrogens (tertiary/aromatic N) is 1. The zero-order chi connectivity index (χ0) is 14.8. The second-order valence-electron chi connectivity index (χ2n) is 4.31. The predicted octanol–water partition coefficient (Wildman–Crippen LogP) is 3.93. The first kappa shape index (κ1) is 13.6. The molecule has 0 aliphatic carbocycles. The normalized spacial score (nSPS) is 10.8. The standard InChI is InChI=1S/C15H9F2NO2S/c16-10-5-9(6-11(17)7-10)15(19)20-8-14-18-12-3-1-2-4-13(12)21-14/h1-7H,8H2. The van der Waals surface area contributed by atoms with Crippen molar-refractivity contribution in [3.8, 4) is 0 Å². The van der Waals surface area contributed by atoms with Crippen molar-refractivity contribution in [2.75, 3.05) is 0 Å². The Morgan fingerprint density at radius 1 is 1.14 bits per heavy atom. The van der Waals surface area contributed by atoms with E-state index in [9.17, 15) is 13.6 Å². The highest BCUT2D eigenvalue weighted by atomic mass is 32.1. The molecular weight excluding hydrogens is 296 g/mol. The molecule has 1 heterocycles. The molecule has 6 heteroatoms. The lowest BCUT2D eigenvalue weighted by Gasteiger charge is -2.03. The fraction of sp³-hybridized carbons (Fsp3) is 0.0667. The molecule has 0 N–H and O–H groups in total. The summed E-state index contributed by atoms with van der Waals surface area (Å²) in [5.74, 6) is -2.42. The Kier molecular flexibility index (Phi) is 3.62. The van der Waals surface area contributed by atoms with Gasteiger partial charge in [-0.25, -0.2) is 18.6 Å². The van der Waals surface area contributed by atoms with Crippen molar-refractivity contribution in [1.29, 1.82) is 0 Å². The Morgan fingerprint density at radius 2 is 1.86 bits per heavy atom. The van der Waals surface area contributed by atoms with Crippen LogP contribution in [0.15, 0.2) is 42.5 Å². The molecule has 0 amide bonds. The van der Waals surface area contributed by atoms with Gasteiger partial charge in [0.15, 0.2) is 0 Å². The minimum atomic E-state index is -0.818. The molecule has 2 aromatic carbocycles. The molecule has 0 aliphatic heterocycles. The largest absolute Gasteiger partial charge is 0.455 e. The molecule has 3 rings (SSSR count). The van der Waals surface area contributed by atoms with Crippen molar-refractivity contribution in [3.05, 3.63) is 64.7 Å². The summed E-state index contributed by atoms with van der Waals surface area (Å²) in [5.41, 5.74) is 0.666. The molecule has 0 unspecified atom stereocenters. The number of thiazole rings is 1. The van der Waals surface area contributed by atoms with E-state index in [4.69, 9.17) is 4.74 Å². The van der Waals surface area contributed by atoms with Crippen molar-refractivity contribution < 1.29 is 18.3 Å². The Hall–Kier alpha value is -2.34. The van der Waals surface area contributed by atoms with Gasteiger partial charge in [0.25, 0.3) is 0 Å². The van der Waals surface area contributed by atoms with Crippen molar-refractivity contribution in [2.24, 2.45) is 0 Å². The molecule has 0 saturated carbocycles. The minimum Gasteiger partial charge on any atom is -0.455 e. The van der Waals surface area contributed by atoms with E-state index in [2.05, 4.69) is 4.98 Å². The fourth-order valence-corrected chi connectivity index (χ4v) is 2.74. The molecule has 0 aliphatic rings. The van der Waals surface area contributed by atoms with Gasteiger partial charge in [-0.1, -0.05) is 12.1 Å². The minimum absolute atomic E-state index is 0.0314. The number of rotatable bonds is 3. The monoisotopic (exact) mass is 305 g/mol. The Balaban J connectivity index is 1.73. The zero-order valence-corrected chi connectivity index (χ0v) is 11.5. The van der Waals surface area contributed by atoms with E-state index >= 15 is 0 Å². The van der Waals surface area contributed by atoms with Crippen LogP contribution in [0, 0.1) is 11.6 Å². The van der Waals surface area contributed by atoms with Gasteiger partial charge in [0.2, 0.25) is 0 Å². The molecule has 3 aromatic rings. The van der Waals surface area contributed by atoms with Gasteiger partial charge in [-0.3, -0.25) is 0 Å². The number of benzene rings is 2. The van der Waals surface area contributed by atoms with Crippen LogP contribution in [0.4, 0.5) is 8.78 Å². The van der Waals surface area contributed by atoms with Crippen molar-refractivity contribution in [3.63, 3.8) is 0 Å². The van der Waals surface area contributed by atoms with Crippen LogP contribution < -0.4 is 0 Å². The van der Waals surface area contributed by atoms with E-state index in [0.717, 1.165) is 22.3 Å². The average Bonchev–Trinajstić information content (AvgIpc) is 2.86. The molecular formula is C15H9F2NO2S. The summed E-state index contributed by atoms with van der Waals surface area (Å²) in [6.07, 6.45) is 0. The number of carbonyl (C=O) groups excluding carboxylic acids is 1. The molecule has 106 valence electrons. The van der Waals surface area contributed by atoms with Gasteiger partial charge >= 0.3 is 5.97 Å². The number of aromatic nitrogens is 1. The first-order chi connectivity index (χ1) is 10.1. The molecule has 0 saturated heterocycles. The molecule has 0 atom stereocenters. The van der Waals surface area contributed by atoms with Crippen LogP contribution in [0.5, 0.6) is 0 Å². The number of para-hydroxylation sites is 1. The highest BCUT2D eigenvalue weighted by molar-refractivity contribution is 7.18. The topological polar surface area (TPSA) is 39.2 Å². The molecule has 21 heavy (non-hydrogen) atoms. The van der Waals surface area contributed by atoms with Crippen LogP contribution in [0.2, 0.25) is 0 Å². The number of fused-ring (bicyclic) bond motifs is 1. The number of ether oxygens (including phenoxy) is 1. The molecule has 0 radical (unpaired) electrons. The highest BCUT2D eigenvalue weighted by Crippen LogP contribution is 2.22. The zero-order valence-electron chi connectivity index (χ0n) is 10.7. The van der Waals surface area contributed by atoms with Gasteiger partial charge in [0, 0.05) is 6.07 Å². The van der Waals surface area contributed by atoms with Crippen molar-refractivity contribution in [1.82, 2.24) is 4.98 Å². The van der Waals surface area contributed by atoms with Crippen molar-refractivity contribution >= 4 is 27.5 Å². The second-order valence-corrected chi connectivity index (χ2v) is 5.42. The lowest BCUT2D eigenvalue weighted by atomic mass is 10.2. The summed E-state index contributed by atoms with van der Waals surface area (Å²) >= 11 is 1.40. The lowest BCUT2D eigenvalue weighted by molar-refractivity contribution is 0.0471. The summed E-state index contributed by atoms with van der Waals surface area (Å²) in [6.45, 7) is -0.0314. The van der Waals surface area contributed by atoms with Gasteiger partial charge in [-0.2, -0.15) is 0 Å². The number of hydrogen-bond acceptors (Lipinski definition) is 4. The number of esters is 1. The van der Waals surface area contributed by atoms with Gasteiger partial charge in [0.1, 0.15) is 23.2 Å². The van der Waals surface area contributed by atoms with Crippen LogP contribution in [0.3, 0.4) is 0 Å². The summed E-state index contributed by atoms with van der Waals surface area (Å²) in [6, 6.07) is 10.1. The van der Waals surface area contributed by atoms with Gasteiger partial charge < -0.3 is 4.74 Å². The first-order valence-corrected chi connectivity index (χ1v) is 6.91. The van der Waals surface area contributed by atoms with Gasteiger partial charge in [-0.05, 0) is 24.3 Å².